The molecule has 1 aromatic carbocycles. The smallest absolute Gasteiger partial charge is 0.191 e. The Bertz CT molecular complexity index is 728. The van der Waals surface area contributed by atoms with Crippen molar-refractivity contribution in [1.82, 2.24) is 15.8 Å². The Morgan fingerprint density at radius 2 is 1.96 bits per heavy atom. The van der Waals surface area contributed by atoms with Gasteiger partial charge in [-0.3, -0.25) is 4.99 Å². The van der Waals surface area contributed by atoms with Gasteiger partial charge in [0.2, 0.25) is 0 Å². The molecular formula is C19H25ClN4O. The third-order valence-electron chi connectivity index (χ3n) is 5.20. The van der Waals surface area contributed by atoms with E-state index in [1.165, 1.54) is 24.8 Å². The highest BCUT2D eigenvalue weighted by molar-refractivity contribution is 6.30. The van der Waals surface area contributed by atoms with Gasteiger partial charge < -0.3 is 15.2 Å². The van der Waals surface area contributed by atoms with Gasteiger partial charge in [0.25, 0.3) is 0 Å². The Kier molecular flexibility index (Phi) is 5.33. The van der Waals surface area contributed by atoms with Crippen molar-refractivity contribution in [3.63, 3.8) is 0 Å². The molecule has 1 fully saturated rings. The molecule has 1 aliphatic carbocycles. The summed E-state index contributed by atoms with van der Waals surface area (Å²) in [6.07, 6.45) is 3.63. The van der Waals surface area contributed by atoms with Gasteiger partial charge in [-0.15, -0.1) is 0 Å². The average Bonchev–Trinajstić information content (AvgIpc) is 2.89. The van der Waals surface area contributed by atoms with Gasteiger partial charge in [0.05, 0.1) is 5.69 Å². The van der Waals surface area contributed by atoms with E-state index < -0.39 is 0 Å². The highest BCUT2D eigenvalue weighted by Crippen LogP contribution is 2.43. The van der Waals surface area contributed by atoms with Crippen LogP contribution in [0, 0.1) is 13.8 Å². The van der Waals surface area contributed by atoms with E-state index in [1.807, 2.05) is 26.0 Å². The molecule has 3 rings (SSSR count). The molecule has 0 radical (unpaired) electrons. The molecular weight excluding hydrogens is 336 g/mol. The zero-order valence-electron chi connectivity index (χ0n) is 15.0. The summed E-state index contributed by atoms with van der Waals surface area (Å²) in [6, 6.07) is 8.23. The number of nitrogens with zero attached hydrogens (tertiary/aromatic N) is 2. The molecule has 25 heavy (non-hydrogen) atoms. The normalized spacial score (nSPS) is 16.4. The lowest BCUT2D eigenvalue weighted by Crippen LogP contribution is -2.48. The summed E-state index contributed by atoms with van der Waals surface area (Å²) in [6.45, 7) is 5.38. The summed E-state index contributed by atoms with van der Waals surface area (Å²) in [4.78, 5) is 4.34. The van der Waals surface area contributed by atoms with E-state index in [4.69, 9.17) is 16.1 Å². The van der Waals surface area contributed by atoms with Crippen molar-refractivity contribution >= 4 is 17.6 Å². The molecule has 1 aliphatic rings. The van der Waals surface area contributed by atoms with Crippen LogP contribution in [-0.2, 0) is 12.0 Å². The van der Waals surface area contributed by atoms with Crippen LogP contribution in [0.2, 0.25) is 5.02 Å². The number of guanidine groups is 1. The fraction of sp³-hybridized carbons (Fsp3) is 0.474. The van der Waals surface area contributed by atoms with Crippen LogP contribution in [0.25, 0.3) is 0 Å². The average molecular weight is 361 g/mol. The number of aryl methyl sites for hydroxylation is 2. The van der Waals surface area contributed by atoms with Crippen molar-refractivity contribution < 1.29 is 4.52 Å². The summed E-state index contributed by atoms with van der Waals surface area (Å²) in [5, 5.41) is 11.6. The number of nitrogens with one attached hydrogen (secondary N) is 2. The molecule has 0 bridgehead atoms. The van der Waals surface area contributed by atoms with Crippen LogP contribution < -0.4 is 10.6 Å². The van der Waals surface area contributed by atoms with E-state index in [0.717, 1.165) is 34.5 Å². The molecule has 2 aromatic rings. The lowest BCUT2D eigenvalue weighted by molar-refractivity contribution is 0.244. The topological polar surface area (TPSA) is 62.5 Å². The Balaban J connectivity index is 1.61. The predicted molar refractivity (Wildman–Crippen MR) is 101 cm³/mol. The maximum absolute atomic E-state index is 6.03. The van der Waals surface area contributed by atoms with Crippen LogP contribution in [0.5, 0.6) is 0 Å². The van der Waals surface area contributed by atoms with Gasteiger partial charge in [-0.1, -0.05) is 35.3 Å². The summed E-state index contributed by atoms with van der Waals surface area (Å²) in [7, 11) is 1.79. The van der Waals surface area contributed by atoms with Crippen molar-refractivity contribution in [2.45, 2.75) is 45.1 Å². The third-order valence-corrected chi connectivity index (χ3v) is 5.45. The Labute approximate surface area is 153 Å². The Hall–Kier alpha value is -2.01. The lowest BCUT2D eigenvalue weighted by Gasteiger charge is -2.43. The van der Waals surface area contributed by atoms with Crippen LogP contribution >= 0.6 is 11.6 Å². The highest BCUT2D eigenvalue weighted by atomic mass is 35.5. The van der Waals surface area contributed by atoms with E-state index in [1.54, 1.807) is 7.05 Å². The molecule has 0 atom stereocenters. The second-order valence-electron chi connectivity index (χ2n) is 6.72. The number of hydrogen-bond acceptors (Lipinski definition) is 3. The summed E-state index contributed by atoms with van der Waals surface area (Å²) >= 11 is 6.03. The zero-order valence-corrected chi connectivity index (χ0v) is 15.8. The molecule has 1 heterocycles. The molecule has 1 saturated carbocycles. The van der Waals surface area contributed by atoms with Gasteiger partial charge in [0.1, 0.15) is 5.76 Å². The third kappa shape index (κ3) is 3.82. The van der Waals surface area contributed by atoms with Crippen molar-refractivity contribution in [2.24, 2.45) is 4.99 Å². The van der Waals surface area contributed by atoms with Gasteiger partial charge in [0.15, 0.2) is 5.96 Å². The second-order valence-corrected chi connectivity index (χ2v) is 7.16. The quantitative estimate of drug-likeness (QED) is 0.630. The SMILES string of the molecule is CN=C(NCc1c(C)noc1C)NCC1(c2ccc(Cl)cc2)CCC1. The number of rotatable bonds is 5. The standard InChI is InChI=1S/C19H25ClN4O/c1-13-17(14(2)25-24-13)11-22-18(21-3)23-12-19(9-4-10-19)15-5-7-16(20)8-6-15/h5-8H,4,9-12H2,1-3H3,(H2,21,22,23). The molecule has 1 aromatic heterocycles. The predicted octanol–water partition coefficient (Wildman–Crippen LogP) is 3.73. The van der Waals surface area contributed by atoms with Crippen molar-refractivity contribution in [3.8, 4) is 0 Å². The number of aliphatic imine (C=N–C) groups is 1. The molecule has 6 heteroatoms. The number of hydrogen-bond donors (Lipinski definition) is 2. The van der Waals surface area contributed by atoms with E-state index >= 15 is 0 Å². The molecule has 0 saturated heterocycles. The van der Waals surface area contributed by atoms with E-state index in [9.17, 15) is 0 Å². The van der Waals surface area contributed by atoms with Crippen LogP contribution in [0.1, 0.15) is 41.8 Å². The number of benzene rings is 1. The minimum Gasteiger partial charge on any atom is -0.361 e. The Morgan fingerprint density at radius 1 is 1.24 bits per heavy atom. The van der Waals surface area contributed by atoms with E-state index in [-0.39, 0.29) is 5.41 Å². The first kappa shape index (κ1) is 17.8. The molecule has 0 spiro atoms. The zero-order chi connectivity index (χ0) is 17.9. The molecule has 5 nitrogen and oxygen atoms in total. The first-order valence-corrected chi connectivity index (χ1v) is 9.04. The largest absolute Gasteiger partial charge is 0.361 e. The van der Waals surface area contributed by atoms with Crippen LogP contribution in [0.4, 0.5) is 0 Å². The van der Waals surface area contributed by atoms with Gasteiger partial charge in [-0.2, -0.15) is 0 Å². The lowest BCUT2D eigenvalue weighted by atomic mass is 9.64. The molecule has 2 N–H and O–H groups in total. The van der Waals surface area contributed by atoms with Crippen molar-refractivity contribution in [3.05, 3.63) is 51.9 Å². The maximum Gasteiger partial charge on any atom is 0.191 e. The summed E-state index contributed by atoms with van der Waals surface area (Å²) < 4.78 is 5.21. The fourth-order valence-electron chi connectivity index (χ4n) is 3.37. The Morgan fingerprint density at radius 3 is 2.48 bits per heavy atom. The van der Waals surface area contributed by atoms with Gasteiger partial charge in [-0.25, -0.2) is 0 Å². The van der Waals surface area contributed by atoms with E-state index in [2.05, 4.69) is 32.9 Å². The summed E-state index contributed by atoms with van der Waals surface area (Å²) in [5.74, 6) is 1.64. The molecule has 0 aliphatic heterocycles. The van der Waals surface area contributed by atoms with Crippen molar-refractivity contribution in [1.29, 1.82) is 0 Å². The minimum atomic E-state index is 0.172. The fourth-order valence-corrected chi connectivity index (χ4v) is 3.50. The molecule has 134 valence electrons. The summed E-state index contributed by atoms with van der Waals surface area (Å²) in [5.41, 5.74) is 3.51. The maximum atomic E-state index is 6.03. The number of halogens is 1. The first-order valence-electron chi connectivity index (χ1n) is 8.66. The molecule has 0 unspecified atom stereocenters. The van der Waals surface area contributed by atoms with Gasteiger partial charge >= 0.3 is 0 Å². The molecule has 0 amide bonds. The first-order chi connectivity index (χ1) is 12.0. The minimum absolute atomic E-state index is 0.172. The monoisotopic (exact) mass is 360 g/mol. The van der Waals surface area contributed by atoms with Crippen LogP contribution in [0.15, 0.2) is 33.8 Å². The van der Waals surface area contributed by atoms with Crippen LogP contribution in [-0.4, -0.2) is 24.7 Å². The van der Waals surface area contributed by atoms with Gasteiger partial charge in [-0.05, 0) is 44.4 Å². The highest BCUT2D eigenvalue weighted by Gasteiger charge is 2.38. The van der Waals surface area contributed by atoms with Crippen molar-refractivity contribution in [2.75, 3.05) is 13.6 Å². The van der Waals surface area contributed by atoms with Gasteiger partial charge in [0, 0.05) is 36.1 Å². The van der Waals surface area contributed by atoms with E-state index in [0.29, 0.717) is 6.54 Å². The number of aromatic nitrogens is 1. The van der Waals surface area contributed by atoms with Crippen LogP contribution in [0.3, 0.4) is 0 Å². The second kappa shape index (κ2) is 7.48.